The molecule has 0 amide bonds. The zero-order chi connectivity index (χ0) is 23.4. The van der Waals surface area contributed by atoms with Crippen LogP contribution in [0.25, 0.3) is 10.9 Å². The van der Waals surface area contributed by atoms with E-state index < -0.39 is 0 Å². The molecule has 0 radical (unpaired) electrons. The molecule has 8 nitrogen and oxygen atoms in total. The maximum atomic E-state index is 13.6. The Bertz CT molecular complexity index is 1310. The molecule has 0 atom stereocenters. The Kier molecular flexibility index (Phi) is 6.71. The van der Waals surface area contributed by atoms with Crippen LogP contribution < -0.4 is 25.5 Å². The van der Waals surface area contributed by atoms with Crippen molar-refractivity contribution in [3.8, 4) is 29.6 Å². The molecule has 33 heavy (non-hydrogen) atoms. The number of terminal acetylenes is 1. The van der Waals surface area contributed by atoms with E-state index in [1.807, 2.05) is 6.07 Å². The summed E-state index contributed by atoms with van der Waals surface area (Å²) in [5.41, 5.74) is 0.573. The van der Waals surface area contributed by atoms with Crippen LogP contribution in [0.3, 0.4) is 0 Å². The summed E-state index contributed by atoms with van der Waals surface area (Å²) < 4.78 is 24.6. The largest absolute Gasteiger partial charge is 0.493 e. The summed E-state index contributed by atoms with van der Waals surface area (Å²) >= 11 is 0. The molecular weight excluding hydrogens is 424 g/mol. The lowest BCUT2D eigenvalue weighted by Crippen LogP contribution is -2.42. The van der Waals surface area contributed by atoms with Gasteiger partial charge in [-0.2, -0.15) is 0 Å². The number of methoxy groups -OCH3 is 2. The SMILES string of the molecule is C#CCOc1ccc2c(c1)c(=O)n(Cc1ccc(OC)c(OC)c1)c(=O)n2C1CCOCC1. The molecule has 0 N–H and O–H groups in total. The van der Waals surface area contributed by atoms with Crippen LogP contribution in [0.4, 0.5) is 0 Å². The number of ether oxygens (including phenoxy) is 4. The van der Waals surface area contributed by atoms with Gasteiger partial charge in [0, 0.05) is 19.3 Å². The van der Waals surface area contributed by atoms with Crippen LogP contribution in [0, 0.1) is 12.3 Å². The molecule has 0 bridgehead atoms. The third-order valence-corrected chi connectivity index (χ3v) is 5.81. The first kappa shape index (κ1) is 22.5. The number of rotatable bonds is 7. The molecule has 1 fully saturated rings. The molecular formula is C25H26N2O6. The van der Waals surface area contributed by atoms with Crippen LogP contribution in [-0.2, 0) is 11.3 Å². The van der Waals surface area contributed by atoms with Crippen LogP contribution in [0.2, 0.25) is 0 Å². The van der Waals surface area contributed by atoms with Crippen molar-refractivity contribution in [2.24, 2.45) is 0 Å². The summed E-state index contributed by atoms with van der Waals surface area (Å²) in [7, 11) is 3.09. The highest BCUT2D eigenvalue weighted by atomic mass is 16.5. The lowest BCUT2D eigenvalue weighted by molar-refractivity contribution is 0.0691. The van der Waals surface area contributed by atoms with Gasteiger partial charge in [-0.3, -0.25) is 13.9 Å². The monoisotopic (exact) mass is 450 g/mol. The molecule has 0 aliphatic carbocycles. The minimum Gasteiger partial charge on any atom is -0.493 e. The molecule has 8 heteroatoms. The number of aromatic nitrogens is 2. The Morgan fingerprint density at radius 1 is 1.06 bits per heavy atom. The maximum Gasteiger partial charge on any atom is 0.332 e. The van der Waals surface area contributed by atoms with Gasteiger partial charge in [0.1, 0.15) is 12.4 Å². The third-order valence-electron chi connectivity index (χ3n) is 5.81. The number of nitrogens with zero attached hydrogens (tertiary/aromatic N) is 2. The maximum absolute atomic E-state index is 13.6. The van der Waals surface area contributed by atoms with Gasteiger partial charge < -0.3 is 18.9 Å². The molecule has 3 aromatic rings. The Balaban J connectivity index is 1.88. The van der Waals surface area contributed by atoms with Gasteiger partial charge in [0.15, 0.2) is 11.5 Å². The molecule has 1 aliphatic heterocycles. The van der Waals surface area contributed by atoms with E-state index in [0.29, 0.717) is 54.2 Å². The predicted molar refractivity (Wildman–Crippen MR) is 125 cm³/mol. The third kappa shape index (κ3) is 4.45. The van der Waals surface area contributed by atoms with Gasteiger partial charge >= 0.3 is 5.69 Å². The zero-order valence-corrected chi connectivity index (χ0v) is 18.7. The minimum absolute atomic E-state index is 0.0662. The summed E-state index contributed by atoms with van der Waals surface area (Å²) in [6.07, 6.45) is 6.68. The summed E-state index contributed by atoms with van der Waals surface area (Å²) in [5.74, 6) is 4.00. The van der Waals surface area contributed by atoms with Crippen molar-refractivity contribution in [2.45, 2.75) is 25.4 Å². The van der Waals surface area contributed by atoms with Gasteiger partial charge in [-0.05, 0) is 48.7 Å². The van der Waals surface area contributed by atoms with E-state index >= 15 is 0 Å². The molecule has 1 aliphatic rings. The van der Waals surface area contributed by atoms with E-state index in [0.717, 1.165) is 5.56 Å². The van der Waals surface area contributed by atoms with E-state index in [1.165, 1.54) is 4.57 Å². The Morgan fingerprint density at radius 3 is 2.52 bits per heavy atom. The molecule has 172 valence electrons. The number of hydrogen-bond donors (Lipinski definition) is 0. The molecule has 0 saturated carbocycles. The average molecular weight is 450 g/mol. The van der Waals surface area contributed by atoms with Crippen molar-refractivity contribution < 1.29 is 18.9 Å². The standard InChI is InChI=1S/C25H26N2O6/c1-4-11-33-19-6-7-21-20(15-19)24(28)26(25(29)27(21)18-9-12-32-13-10-18)16-17-5-8-22(30-2)23(14-17)31-3/h1,5-8,14-15,18H,9-13,16H2,2-3H3. The zero-order valence-electron chi connectivity index (χ0n) is 18.7. The number of benzene rings is 2. The first-order valence-corrected chi connectivity index (χ1v) is 10.7. The van der Waals surface area contributed by atoms with Crippen LogP contribution >= 0.6 is 0 Å². The number of fused-ring (bicyclic) bond motifs is 1. The Labute approximate surface area is 191 Å². The van der Waals surface area contributed by atoms with E-state index in [9.17, 15) is 9.59 Å². The first-order chi connectivity index (χ1) is 16.1. The van der Waals surface area contributed by atoms with Crippen LogP contribution in [0.5, 0.6) is 17.2 Å². The second-order valence-corrected chi connectivity index (χ2v) is 7.75. The first-order valence-electron chi connectivity index (χ1n) is 10.7. The summed E-state index contributed by atoms with van der Waals surface area (Å²) in [5, 5.41) is 0.399. The second kappa shape index (κ2) is 9.84. The Hall–Kier alpha value is -3.70. The van der Waals surface area contributed by atoms with Crippen molar-refractivity contribution in [1.82, 2.24) is 9.13 Å². The topological polar surface area (TPSA) is 80.9 Å². The lowest BCUT2D eigenvalue weighted by atomic mass is 10.1. The van der Waals surface area contributed by atoms with E-state index in [4.69, 9.17) is 25.4 Å². The molecule has 4 rings (SSSR count). The number of hydrogen-bond acceptors (Lipinski definition) is 6. The van der Waals surface area contributed by atoms with Gasteiger partial charge in [0.2, 0.25) is 0 Å². The predicted octanol–water partition coefficient (Wildman–Crippen LogP) is 2.59. The van der Waals surface area contributed by atoms with E-state index in [-0.39, 0.29) is 30.4 Å². The fraction of sp³-hybridized carbons (Fsp3) is 0.360. The summed E-state index contributed by atoms with van der Waals surface area (Å²) in [6, 6.07) is 10.4. The fourth-order valence-corrected chi connectivity index (χ4v) is 4.17. The highest BCUT2D eigenvalue weighted by Crippen LogP contribution is 2.28. The van der Waals surface area contributed by atoms with Crippen molar-refractivity contribution in [2.75, 3.05) is 34.0 Å². The van der Waals surface area contributed by atoms with E-state index in [2.05, 4.69) is 5.92 Å². The van der Waals surface area contributed by atoms with Gasteiger partial charge in [-0.25, -0.2) is 4.79 Å². The summed E-state index contributed by atoms with van der Waals surface area (Å²) in [6.45, 7) is 1.31. The lowest BCUT2D eigenvalue weighted by Gasteiger charge is -2.26. The summed E-state index contributed by atoms with van der Waals surface area (Å²) in [4.78, 5) is 27.1. The fourth-order valence-electron chi connectivity index (χ4n) is 4.17. The average Bonchev–Trinajstić information content (AvgIpc) is 2.86. The van der Waals surface area contributed by atoms with Gasteiger partial charge in [-0.1, -0.05) is 12.0 Å². The molecule has 0 spiro atoms. The van der Waals surface area contributed by atoms with Gasteiger partial charge in [0.05, 0.1) is 31.7 Å². The minimum atomic E-state index is -0.390. The molecule has 1 aromatic heterocycles. The smallest absolute Gasteiger partial charge is 0.332 e. The Morgan fingerprint density at radius 2 is 1.82 bits per heavy atom. The van der Waals surface area contributed by atoms with Crippen molar-refractivity contribution >= 4 is 10.9 Å². The highest BCUT2D eigenvalue weighted by molar-refractivity contribution is 5.80. The molecule has 0 unspecified atom stereocenters. The van der Waals surface area contributed by atoms with Gasteiger partial charge in [0.25, 0.3) is 5.56 Å². The normalized spacial score (nSPS) is 14.1. The van der Waals surface area contributed by atoms with Crippen LogP contribution in [0.1, 0.15) is 24.4 Å². The van der Waals surface area contributed by atoms with E-state index in [1.54, 1.807) is 49.1 Å². The van der Waals surface area contributed by atoms with Crippen LogP contribution in [-0.4, -0.2) is 43.2 Å². The quantitative estimate of drug-likeness (QED) is 0.515. The molecule has 2 heterocycles. The highest BCUT2D eigenvalue weighted by Gasteiger charge is 2.23. The molecule has 1 saturated heterocycles. The van der Waals surface area contributed by atoms with Crippen LogP contribution in [0.15, 0.2) is 46.0 Å². The van der Waals surface area contributed by atoms with Crippen molar-refractivity contribution in [3.05, 3.63) is 62.8 Å². The van der Waals surface area contributed by atoms with Gasteiger partial charge in [-0.15, -0.1) is 6.42 Å². The second-order valence-electron chi connectivity index (χ2n) is 7.75. The molecule has 2 aromatic carbocycles. The van der Waals surface area contributed by atoms with Crippen molar-refractivity contribution in [1.29, 1.82) is 0 Å². The van der Waals surface area contributed by atoms with Crippen molar-refractivity contribution in [3.63, 3.8) is 0 Å².